The monoisotopic (exact) mass is 248 g/mol. The van der Waals surface area contributed by atoms with Crippen LogP contribution in [0.1, 0.15) is 38.5 Å². The maximum Gasteiger partial charge on any atom is 0.223 e. The Kier molecular flexibility index (Phi) is 2.65. The summed E-state index contributed by atoms with van der Waals surface area (Å²) >= 11 is 0. The lowest BCUT2D eigenvalue weighted by Gasteiger charge is -2.27. The first-order chi connectivity index (χ1) is 8.81. The summed E-state index contributed by atoms with van der Waals surface area (Å²) in [6.45, 7) is 3.19. The van der Waals surface area contributed by atoms with Gasteiger partial charge in [0.15, 0.2) is 0 Å². The molecule has 2 saturated carbocycles. The van der Waals surface area contributed by atoms with Crippen LogP contribution in [0.25, 0.3) is 0 Å². The van der Waals surface area contributed by atoms with Gasteiger partial charge < -0.3 is 10.2 Å². The highest BCUT2D eigenvalue weighted by Crippen LogP contribution is 2.49. The van der Waals surface area contributed by atoms with Crippen molar-refractivity contribution >= 4 is 5.91 Å². The molecule has 4 fully saturated rings. The number of nitrogens with zero attached hydrogens (tertiary/aromatic N) is 1. The van der Waals surface area contributed by atoms with E-state index in [4.69, 9.17) is 0 Å². The molecule has 2 saturated heterocycles. The molecule has 4 aliphatic rings. The average molecular weight is 248 g/mol. The summed E-state index contributed by atoms with van der Waals surface area (Å²) in [7, 11) is 0. The third-order valence-corrected chi connectivity index (χ3v) is 6.09. The third kappa shape index (κ3) is 1.70. The molecule has 100 valence electrons. The van der Waals surface area contributed by atoms with Crippen LogP contribution in [0.4, 0.5) is 0 Å². The predicted molar refractivity (Wildman–Crippen MR) is 70.0 cm³/mol. The van der Waals surface area contributed by atoms with Crippen LogP contribution in [0.15, 0.2) is 0 Å². The van der Waals surface area contributed by atoms with Crippen molar-refractivity contribution in [1.82, 2.24) is 10.2 Å². The number of amides is 1. The molecule has 2 bridgehead atoms. The smallest absolute Gasteiger partial charge is 0.223 e. The van der Waals surface area contributed by atoms with E-state index >= 15 is 0 Å². The Bertz CT molecular complexity index is 356. The van der Waals surface area contributed by atoms with Crippen LogP contribution in [-0.2, 0) is 4.79 Å². The van der Waals surface area contributed by atoms with E-state index in [9.17, 15) is 4.79 Å². The van der Waals surface area contributed by atoms with Gasteiger partial charge in [-0.3, -0.25) is 4.79 Å². The lowest BCUT2D eigenvalue weighted by atomic mass is 9.86. The molecular formula is C15H24N2O. The molecule has 1 N–H and O–H groups in total. The van der Waals surface area contributed by atoms with Gasteiger partial charge in [-0.05, 0) is 49.4 Å². The third-order valence-electron chi connectivity index (χ3n) is 6.09. The van der Waals surface area contributed by atoms with Gasteiger partial charge in [-0.2, -0.15) is 0 Å². The number of hydrogen-bond donors (Lipinski definition) is 1. The van der Waals surface area contributed by atoms with E-state index in [0.29, 0.717) is 11.9 Å². The van der Waals surface area contributed by atoms with Crippen molar-refractivity contribution in [3.05, 3.63) is 0 Å². The summed E-state index contributed by atoms with van der Waals surface area (Å²) in [5, 5.41) is 3.44. The number of fused-ring (bicyclic) bond motifs is 3. The second-order valence-corrected chi connectivity index (χ2v) is 7.00. The van der Waals surface area contributed by atoms with Crippen molar-refractivity contribution < 1.29 is 4.79 Å². The molecule has 0 aromatic heterocycles. The Morgan fingerprint density at radius 1 is 1.11 bits per heavy atom. The fraction of sp³-hybridized carbons (Fsp3) is 0.933. The summed E-state index contributed by atoms with van der Waals surface area (Å²) in [5.41, 5.74) is 0. The van der Waals surface area contributed by atoms with Crippen LogP contribution in [-0.4, -0.2) is 36.5 Å². The lowest BCUT2D eigenvalue weighted by molar-refractivity contribution is -0.133. The number of rotatable bonds is 2. The zero-order chi connectivity index (χ0) is 12.1. The van der Waals surface area contributed by atoms with Crippen molar-refractivity contribution in [3.63, 3.8) is 0 Å². The van der Waals surface area contributed by atoms with Crippen LogP contribution in [0.3, 0.4) is 0 Å². The van der Waals surface area contributed by atoms with Gasteiger partial charge in [-0.15, -0.1) is 0 Å². The zero-order valence-corrected chi connectivity index (χ0v) is 11.1. The fourth-order valence-electron chi connectivity index (χ4n) is 5.13. The van der Waals surface area contributed by atoms with Gasteiger partial charge in [0.25, 0.3) is 0 Å². The highest BCUT2D eigenvalue weighted by Gasteiger charge is 2.43. The first kappa shape index (κ1) is 11.3. The van der Waals surface area contributed by atoms with Crippen molar-refractivity contribution in [2.75, 3.05) is 19.6 Å². The Hall–Kier alpha value is -0.570. The quantitative estimate of drug-likeness (QED) is 0.805. The molecule has 0 spiro atoms. The summed E-state index contributed by atoms with van der Waals surface area (Å²) in [4.78, 5) is 14.7. The lowest BCUT2D eigenvalue weighted by Crippen LogP contribution is -2.40. The molecule has 1 amide bonds. The number of likely N-dealkylation sites (tertiary alicyclic amines) is 1. The minimum Gasteiger partial charge on any atom is -0.338 e. The van der Waals surface area contributed by atoms with E-state index in [2.05, 4.69) is 10.2 Å². The van der Waals surface area contributed by atoms with Gasteiger partial charge in [0, 0.05) is 32.1 Å². The molecule has 5 atom stereocenters. The summed E-state index contributed by atoms with van der Waals surface area (Å²) in [6, 6.07) is 0.524. The Morgan fingerprint density at radius 3 is 2.83 bits per heavy atom. The SMILES string of the molecule is O=C(CC1CC2CCC1C2)N1CC[C@H]2CNC[C@H]21. The van der Waals surface area contributed by atoms with E-state index in [-0.39, 0.29) is 0 Å². The molecule has 3 nitrogen and oxygen atoms in total. The molecular weight excluding hydrogens is 224 g/mol. The molecule has 3 unspecified atom stereocenters. The number of carbonyl (C=O) groups excluding carboxylic acids is 1. The largest absolute Gasteiger partial charge is 0.338 e. The second-order valence-electron chi connectivity index (χ2n) is 7.00. The predicted octanol–water partition coefficient (Wildman–Crippen LogP) is 1.63. The maximum absolute atomic E-state index is 12.5. The van der Waals surface area contributed by atoms with Gasteiger partial charge in [0.05, 0.1) is 0 Å². The molecule has 3 heteroatoms. The summed E-state index contributed by atoms with van der Waals surface area (Å²) in [5.74, 6) is 3.79. The standard InChI is InChI=1S/C15H24N2O/c18-15(7-13-6-10-1-2-11(13)5-10)17-4-3-12-8-16-9-14(12)17/h10-14,16H,1-9H2/t10?,11?,12-,13?,14+/m0/s1. The first-order valence-electron chi connectivity index (χ1n) is 7.81. The Labute approximate surface area is 109 Å². The van der Waals surface area contributed by atoms with Crippen LogP contribution in [0.5, 0.6) is 0 Å². The van der Waals surface area contributed by atoms with Crippen LogP contribution < -0.4 is 5.32 Å². The number of hydrogen-bond acceptors (Lipinski definition) is 2. The maximum atomic E-state index is 12.5. The Balaban J connectivity index is 1.39. The van der Waals surface area contributed by atoms with Crippen molar-refractivity contribution in [3.8, 4) is 0 Å². The Morgan fingerprint density at radius 2 is 2.06 bits per heavy atom. The van der Waals surface area contributed by atoms with Crippen LogP contribution >= 0.6 is 0 Å². The summed E-state index contributed by atoms with van der Waals surface area (Å²) in [6.07, 6.45) is 7.68. The van der Waals surface area contributed by atoms with Gasteiger partial charge in [-0.25, -0.2) is 0 Å². The van der Waals surface area contributed by atoms with Gasteiger partial charge in [0.1, 0.15) is 0 Å². The second kappa shape index (κ2) is 4.22. The van der Waals surface area contributed by atoms with Crippen molar-refractivity contribution in [2.45, 2.75) is 44.6 Å². The normalized spacial score (nSPS) is 45.8. The highest BCUT2D eigenvalue weighted by molar-refractivity contribution is 5.77. The molecule has 2 aliphatic heterocycles. The van der Waals surface area contributed by atoms with E-state index in [1.165, 1.54) is 32.1 Å². The molecule has 2 heterocycles. The minimum atomic E-state index is 0.462. The van der Waals surface area contributed by atoms with Gasteiger partial charge in [-0.1, -0.05) is 6.42 Å². The van der Waals surface area contributed by atoms with E-state index in [1.807, 2.05) is 0 Å². The number of carbonyl (C=O) groups is 1. The van der Waals surface area contributed by atoms with E-state index in [1.54, 1.807) is 0 Å². The first-order valence-corrected chi connectivity index (χ1v) is 7.81. The number of nitrogens with one attached hydrogen (secondary N) is 1. The topological polar surface area (TPSA) is 32.3 Å². The van der Waals surface area contributed by atoms with E-state index in [0.717, 1.165) is 49.7 Å². The van der Waals surface area contributed by atoms with Crippen LogP contribution in [0.2, 0.25) is 0 Å². The van der Waals surface area contributed by atoms with Crippen LogP contribution in [0, 0.1) is 23.7 Å². The zero-order valence-electron chi connectivity index (χ0n) is 11.1. The van der Waals surface area contributed by atoms with Gasteiger partial charge in [0.2, 0.25) is 5.91 Å². The van der Waals surface area contributed by atoms with Crippen molar-refractivity contribution in [1.29, 1.82) is 0 Å². The highest BCUT2D eigenvalue weighted by atomic mass is 16.2. The summed E-state index contributed by atoms with van der Waals surface area (Å²) < 4.78 is 0. The molecule has 0 radical (unpaired) electrons. The molecule has 0 aromatic rings. The molecule has 4 rings (SSSR count). The minimum absolute atomic E-state index is 0.462. The van der Waals surface area contributed by atoms with Crippen molar-refractivity contribution in [2.24, 2.45) is 23.7 Å². The van der Waals surface area contributed by atoms with Gasteiger partial charge >= 0.3 is 0 Å². The fourth-order valence-corrected chi connectivity index (χ4v) is 5.13. The molecule has 2 aliphatic carbocycles. The molecule has 0 aromatic carbocycles. The van der Waals surface area contributed by atoms with E-state index < -0.39 is 0 Å². The average Bonchev–Trinajstić information content (AvgIpc) is 3.09. The molecule has 18 heavy (non-hydrogen) atoms.